The number of aryl methyl sites for hydroxylation is 1. The Morgan fingerprint density at radius 3 is 2.65 bits per heavy atom. The van der Waals surface area contributed by atoms with E-state index in [1.165, 1.54) is 0 Å². The molecule has 1 aromatic heterocycles. The minimum Gasteiger partial charge on any atom is -0.338 e. The van der Waals surface area contributed by atoms with Gasteiger partial charge in [-0.3, -0.25) is 14.6 Å². The molecule has 0 saturated carbocycles. The molecular weight excluding hydrogens is 458 g/mol. The number of hydrogen-bond acceptors (Lipinski definition) is 6. The number of carbonyl (C=O) groups excluding carboxylic acids is 1. The number of benzene rings is 2. The van der Waals surface area contributed by atoms with E-state index in [0.29, 0.717) is 24.8 Å². The number of amides is 1. The largest absolute Gasteiger partial charge is 0.338 e. The SMILES string of the molecule is CCc1ccccc1NC(=O)CN1CCN(Cc2nc(-c3cccc(Br)c3)no2)CC1. The summed E-state index contributed by atoms with van der Waals surface area (Å²) in [7, 11) is 0. The highest BCUT2D eigenvalue weighted by Gasteiger charge is 2.21. The molecule has 2 heterocycles. The number of nitrogens with zero attached hydrogens (tertiary/aromatic N) is 4. The maximum atomic E-state index is 12.5. The third kappa shape index (κ3) is 5.78. The molecule has 0 radical (unpaired) electrons. The number of halogens is 1. The lowest BCUT2D eigenvalue weighted by Crippen LogP contribution is -2.48. The van der Waals surface area contributed by atoms with Gasteiger partial charge in [-0.2, -0.15) is 4.98 Å². The standard InChI is InChI=1S/C23H26BrN5O2/c1-2-17-6-3-4-9-20(17)25-21(30)15-28-10-12-29(13-11-28)16-22-26-23(27-31-22)18-7-5-8-19(24)14-18/h3-9,14H,2,10-13,15-16H2,1H3,(H,25,30). The highest BCUT2D eigenvalue weighted by atomic mass is 79.9. The van der Waals surface area contributed by atoms with Crippen molar-refractivity contribution in [3.05, 3.63) is 64.5 Å². The van der Waals surface area contributed by atoms with Crippen molar-refractivity contribution >= 4 is 27.5 Å². The van der Waals surface area contributed by atoms with Gasteiger partial charge in [0, 0.05) is 41.9 Å². The Balaban J connectivity index is 1.25. The van der Waals surface area contributed by atoms with E-state index < -0.39 is 0 Å². The van der Waals surface area contributed by atoms with Crippen LogP contribution in [-0.2, 0) is 17.8 Å². The quantitative estimate of drug-likeness (QED) is 0.550. The molecule has 2 aromatic carbocycles. The van der Waals surface area contributed by atoms with Crippen LogP contribution in [0.25, 0.3) is 11.4 Å². The molecule has 31 heavy (non-hydrogen) atoms. The molecule has 1 saturated heterocycles. The van der Waals surface area contributed by atoms with Gasteiger partial charge in [0.25, 0.3) is 0 Å². The molecule has 1 fully saturated rings. The minimum atomic E-state index is 0.0323. The van der Waals surface area contributed by atoms with Crippen LogP contribution in [0.1, 0.15) is 18.4 Å². The van der Waals surface area contributed by atoms with E-state index in [1.54, 1.807) is 0 Å². The first-order chi connectivity index (χ1) is 15.1. The summed E-state index contributed by atoms with van der Waals surface area (Å²) in [6.07, 6.45) is 0.897. The molecule has 0 aliphatic carbocycles. The first kappa shape index (κ1) is 21.7. The Bertz CT molecular complexity index is 1030. The zero-order valence-electron chi connectivity index (χ0n) is 17.6. The van der Waals surface area contributed by atoms with Gasteiger partial charge in [-0.1, -0.05) is 58.3 Å². The van der Waals surface area contributed by atoms with Gasteiger partial charge in [-0.05, 0) is 30.2 Å². The number of nitrogens with one attached hydrogen (secondary N) is 1. The van der Waals surface area contributed by atoms with E-state index in [1.807, 2.05) is 48.5 Å². The van der Waals surface area contributed by atoms with Gasteiger partial charge in [-0.25, -0.2) is 0 Å². The van der Waals surface area contributed by atoms with Crippen molar-refractivity contribution in [1.29, 1.82) is 0 Å². The van der Waals surface area contributed by atoms with E-state index in [4.69, 9.17) is 4.52 Å². The Kier molecular flexibility index (Phi) is 7.11. The van der Waals surface area contributed by atoms with E-state index in [0.717, 1.165) is 53.9 Å². The van der Waals surface area contributed by atoms with E-state index in [9.17, 15) is 4.79 Å². The predicted molar refractivity (Wildman–Crippen MR) is 124 cm³/mol. The van der Waals surface area contributed by atoms with Crippen molar-refractivity contribution in [2.45, 2.75) is 19.9 Å². The zero-order valence-corrected chi connectivity index (χ0v) is 19.1. The van der Waals surface area contributed by atoms with E-state index >= 15 is 0 Å². The molecule has 1 amide bonds. The Morgan fingerprint density at radius 1 is 1.10 bits per heavy atom. The molecule has 1 aliphatic rings. The lowest BCUT2D eigenvalue weighted by Gasteiger charge is -2.33. The molecular formula is C23H26BrN5O2. The smallest absolute Gasteiger partial charge is 0.241 e. The summed E-state index contributed by atoms with van der Waals surface area (Å²) >= 11 is 3.47. The molecule has 1 N–H and O–H groups in total. The average molecular weight is 484 g/mol. The molecule has 1 aliphatic heterocycles. The number of hydrogen-bond donors (Lipinski definition) is 1. The highest BCUT2D eigenvalue weighted by Crippen LogP contribution is 2.21. The molecule has 0 spiro atoms. The second-order valence-electron chi connectivity index (χ2n) is 7.63. The van der Waals surface area contributed by atoms with E-state index in [-0.39, 0.29) is 5.91 Å². The fourth-order valence-corrected chi connectivity index (χ4v) is 4.10. The van der Waals surface area contributed by atoms with Crippen LogP contribution < -0.4 is 5.32 Å². The number of carbonyl (C=O) groups is 1. The second-order valence-corrected chi connectivity index (χ2v) is 8.55. The maximum absolute atomic E-state index is 12.5. The summed E-state index contributed by atoms with van der Waals surface area (Å²) in [5.41, 5.74) is 2.98. The van der Waals surface area contributed by atoms with Crippen molar-refractivity contribution in [2.24, 2.45) is 0 Å². The summed E-state index contributed by atoms with van der Waals surface area (Å²) in [4.78, 5) is 21.5. The summed E-state index contributed by atoms with van der Waals surface area (Å²) < 4.78 is 6.43. The Hall–Kier alpha value is -2.55. The number of para-hydroxylation sites is 1. The number of rotatable bonds is 7. The Morgan fingerprint density at radius 2 is 1.87 bits per heavy atom. The van der Waals surface area contributed by atoms with Gasteiger partial charge in [0.2, 0.25) is 17.6 Å². The number of piperazine rings is 1. The zero-order chi connectivity index (χ0) is 21.6. The molecule has 8 heteroatoms. The van der Waals surface area contributed by atoms with Crippen LogP contribution in [0.3, 0.4) is 0 Å². The lowest BCUT2D eigenvalue weighted by atomic mass is 10.1. The van der Waals surface area contributed by atoms with Crippen molar-refractivity contribution < 1.29 is 9.32 Å². The fourth-order valence-electron chi connectivity index (χ4n) is 3.70. The monoisotopic (exact) mass is 483 g/mol. The van der Waals surface area contributed by atoms with E-state index in [2.05, 4.69) is 48.1 Å². The van der Waals surface area contributed by atoms with Gasteiger partial charge in [0.1, 0.15) is 0 Å². The van der Waals surface area contributed by atoms with Gasteiger partial charge in [-0.15, -0.1) is 0 Å². The van der Waals surface area contributed by atoms with Crippen LogP contribution in [0.4, 0.5) is 5.69 Å². The molecule has 3 aromatic rings. The minimum absolute atomic E-state index is 0.0323. The number of anilines is 1. The van der Waals surface area contributed by atoms with Crippen LogP contribution in [0.2, 0.25) is 0 Å². The third-order valence-electron chi connectivity index (χ3n) is 5.41. The predicted octanol–water partition coefficient (Wildman–Crippen LogP) is 3.82. The van der Waals surface area contributed by atoms with Crippen LogP contribution in [-0.4, -0.2) is 58.6 Å². The van der Waals surface area contributed by atoms with Crippen molar-refractivity contribution in [3.63, 3.8) is 0 Å². The molecule has 4 rings (SSSR count). The Labute approximate surface area is 190 Å². The van der Waals surface area contributed by atoms with Crippen LogP contribution in [0.15, 0.2) is 57.5 Å². The molecule has 0 atom stereocenters. The fraction of sp³-hybridized carbons (Fsp3) is 0.348. The molecule has 162 valence electrons. The van der Waals surface area contributed by atoms with Crippen molar-refractivity contribution in [1.82, 2.24) is 19.9 Å². The highest BCUT2D eigenvalue weighted by molar-refractivity contribution is 9.10. The van der Waals surface area contributed by atoms with Gasteiger partial charge < -0.3 is 9.84 Å². The number of aromatic nitrogens is 2. The summed E-state index contributed by atoms with van der Waals surface area (Å²) in [5, 5.41) is 7.16. The maximum Gasteiger partial charge on any atom is 0.241 e. The molecule has 0 bridgehead atoms. The van der Waals surface area contributed by atoms with Crippen LogP contribution >= 0.6 is 15.9 Å². The average Bonchev–Trinajstić information content (AvgIpc) is 3.24. The first-order valence-corrected chi connectivity index (χ1v) is 11.3. The lowest BCUT2D eigenvalue weighted by molar-refractivity contribution is -0.117. The topological polar surface area (TPSA) is 74.5 Å². The molecule has 0 unspecified atom stereocenters. The summed E-state index contributed by atoms with van der Waals surface area (Å²) in [6.45, 7) is 6.48. The van der Waals surface area contributed by atoms with Crippen LogP contribution in [0.5, 0.6) is 0 Å². The summed E-state index contributed by atoms with van der Waals surface area (Å²) in [5.74, 6) is 1.24. The third-order valence-corrected chi connectivity index (χ3v) is 5.91. The van der Waals surface area contributed by atoms with Crippen LogP contribution in [0, 0.1) is 0 Å². The van der Waals surface area contributed by atoms with Gasteiger partial charge in [0.05, 0.1) is 13.1 Å². The van der Waals surface area contributed by atoms with Gasteiger partial charge >= 0.3 is 0 Å². The second kappa shape index (κ2) is 10.2. The van der Waals surface area contributed by atoms with Crippen molar-refractivity contribution in [2.75, 3.05) is 38.0 Å². The molecule has 7 nitrogen and oxygen atoms in total. The van der Waals surface area contributed by atoms with Gasteiger partial charge in [0.15, 0.2) is 0 Å². The normalized spacial score (nSPS) is 15.2. The first-order valence-electron chi connectivity index (χ1n) is 10.5. The summed E-state index contributed by atoms with van der Waals surface area (Å²) in [6, 6.07) is 15.8. The van der Waals surface area contributed by atoms with Crippen molar-refractivity contribution in [3.8, 4) is 11.4 Å².